The third-order valence-electron chi connectivity index (χ3n) is 2.02. The SMILES string of the molecule is CCCC(=O)COCCc1ccccn1. The minimum atomic E-state index is 0.179. The largest absolute Gasteiger partial charge is 0.373 e. The molecule has 0 fully saturated rings. The highest BCUT2D eigenvalue weighted by Gasteiger charge is 2.00. The van der Waals surface area contributed by atoms with Gasteiger partial charge in [0.2, 0.25) is 0 Å². The minimum absolute atomic E-state index is 0.179. The van der Waals surface area contributed by atoms with Gasteiger partial charge in [0.15, 0.2) is 5.78 Å². The van der Waals surface area contributed by atoms with Gasteiger partial charge in [0.25, 0.3) is 0 Å². The van der Waals surface area contributed by atoms with Gasteiger partial charge in [-0.1, -0.05) is 13.0 Å². The molecule has 1 aromatic rings. The van der Waals surface area contributed by atoms with Gasteiger partial charge in [-0.05, 0) is 18.6 Å². The molecule has 0 saturated heterocycles. The molecule has 1 aromatic heterocycles. The van der Waals surface area contributed by atoms with E-state index in [9.17, 15) is 4.79 Å². The Balaban J connectivity index is 2.10. The monoisotopic (exact) mass is 207 g/mol. The molecule has 0 aliphatic rings. The molecule has 0 N–H and O–H groups in total. The molecule has 0 bridgehead atoms. The van der Waals surface area contributed by atoms with Crippen molar-refractivity contribution < 1.29 is 9.53 Å². The second kappa shape index (κ2) is 7.12. The van der Waals surface area contributed by atoms with Gasteiger partial charge in [-0.2, -0.15) is 0 Å². The first-order valence-corrected chi connectivity index (χ1v) is 5.32. The number of hydrogen-bond donors (Lipinski definition) is 0. The number of pyridine rings is 1. The van der Waals surface area contributed by atoms with Crippen LogP contribution < -0.4 is 0 Å². The van der Waals surface area contributed by atoms with E-state index in [4.69, 9.17) is 4.74 Å². The van der Waals surface area contributed by atoms with Gasteiger partial charge in [-0.15, -0.1) is 0 Å². The van der Waals surface area contributed by atoms with Crippen LogP contribution in [0.3, 0.4) is 0 Å². The molecule has 1 heterocycles. The highest BCUT2D eigenvalue weighted by Crippen LogP contribution is 1.96. The van der Waals surface area contributed by atoms with Crippen LogP contribution in [0.4, 0.5) is 0 Å². The van der Waals surface area contributed by atoms with Crippen LogP contribution in [0.1, 0.15) is 25.5 Å². The molecule has 0 aromatic carbocycles. The van der Waals surface area contributed by atoms with Gasteiger partial charge in [-0.3, -0.25) is 9.78 Å². The highest BCUT2D eigenvalue weighted by molar-refractivity contribution is 5.79. The molecule has 82 valence electrons. The molecule has 3 nitrogen and oxygen atoms in total. The first kappa shape index (κ1) is 11.9. The van der Waals surface area contributed by atoms with E-state index >= 15 is 0 Å². The first-order chi connectivity index (χ1) is 7.33. The van der Waals surface area contributed by atoms with Crippen molar-refractivity contribution in [3.05, 3.63) is 30.1 Å². The molecule has 1 rings (SSSR count). The summed E-state index contributed by atoms with van der Waals surface area (Å²) in [6.07, 6.45) is 4.03. The topological polar surface area (TPSA) is 39.2 Å². The molecule has 0 spiro atoms. The van der Waals surface area contributed by atoms with Crippen molar-refractivity contribution in [1.82, 2.24) is 4.98 Å². The molecule has 3 heteroatoms. The summed E-state index contributed by atoms with van der Waals surface area (Å²) in [4.78, 5) is 15.3. The predicted octanol–water partition coefficient (Wildman–Crippen LogP) is 2.01. The fourth-order valence-corrected chi connectivity index (χ4v) is 1.26. The van der Waals surface area contributed by atoms with E-state index in [0.717, 1.165) is 18.5 Å². The molecule has 0 amide bonds. The van der Waals surface area contributed by atoms with Gasteiger partial charge in [-0.25, -0.2) is 0 Å². The highest BCUT2D eigenvalue weighted by atomic mass is 16.5. The van der Waals surface area contributed by atoms with Crippen LogP contribution >= 0.6 is 0 Å². The number of hydrogen-bond acceptors (Lipinski definition) is 3. The van der Waals surface area contributed by atoms with Crippen molar-refractivity contribution in [2.75, 3.05) is 13.2 Å². The summed E-state index contributed by atoms with van der Waals surface area (Å²) in [6, 6.07) is 5.79. The maximum atomic E-state index is 11.1. The normalized spacial score (nSPS) is 10.2. The first-order valence-electron chi connectivity index (χ1n) is 5.32. The van der Waals surface area contributed by atoms with Crippen LogP contribution in [0.5, 0.6) is 0 Å². The lowest BCUT2D eigenvalue weighted by Crippen LogP contribution is -2.10. The summed E-state index contributed by atoms with van der Waals surface area (Å²) < 4.78 is 5.26. The smallest absolute Gasteiger partial charge is 0.158 e. The Kier molecular flexibility index (Phi) is 5.63. The summed E-state index contributed by atoms with van der Waals surface area (Å²) in [5.41, 5.74) is 1.00. The Hall–Kier alpha value is -1.22. The number of ketones is 1. The van der Waals surface area contributed by atoms with Crippen LogP contribution in [0.2, 0.25) is 0 Å². The zero-order valence-corrected chi connectivity index (χ0v) is 9.11. The molecule has 0 radical (unpaired) electrons. The molecule has 0 aliphatic carbocycles. The average molecular weight is 207 g/mol. The molecule has 0 unspecified atom stereocenters. The third kappa shape index (κ3) is 5.27. The Morgan fingerprint density at radius 1 is 1.47 bits per heavy atom. The van der Waals surface area contributed by atoms with Crippen LogP contribution in [-0.2, 0) is 16.0 Å². The quantitative estimate of drug-likeness (QED) is 0.642. The van der Waals surface area contributed by atoms with Gasteiger partial charge < -0.3 is 4.74 Å². The van der Waals surface area contributed by atoms with Crippen LogP contribution in [0, 0.1) is 0 Å². The van der Waals surface area contributed by atoms with E-state index in [2.05, 4.69) is 4.98 Å². The average Bonchev–Trinajstić information content (AvgIpc) is 2.26. The lowest BCUT2D eigenvalue weighted by Gasteiger charge is -2.02. The van der Waals surface area contributed by atoms with E-state index in [-0.39, 0.29) is 12.4 Å². The fourth-order valence-electron chi connectivity index (χ4n) is 1.26. The second-order valence-electron chi connectivity index (χ2n) is 3.41. The zero-order chi connectivity index (χ0) is 10.9. The Bertz CT molecular complexity index is 285. The maximum absolute atomic E-state index is 11.1. The van der Waals surface area contributed by atoms with E-state index in [0.29, 0.717) is 13.0 Å². The molecule has 0 aliphatic heterocycles. The second-order valence-corrected chi connectivity index (χ2v) is 3.41. The fraction of sp³-hybridized carbons (Fsp3) is 0.500. The molecule has 15 heavy (non-hydrogen) atoms. The van der Waals surface area contributed by atoms with E-state index in [1.807, 2.05) is 25.1 Å². The summed E-state index contributed by atoms with van der Waals surface area (Å²) in [5.74, 6) is 0.179. The van der Waals surface area contributed by atoms with E-state index < -0.39 is 0 Å². The standard InChI is InChI=1S/C12H17NO2/c1-2-5-12(14)10-15-9-7-11-6-3-4-8-13-11/h3-4,6,8H,2,5,7,9-10H2,1H3. The van der Waals surface area contributed by atoms with Crippen molar-refractivity contribution in [1.29, 1.82) is 0 Å². The van der Waals surface area contributed by atoms with E-state index in [1.165, 1.54) is 0 Å². The number of carbonyl (C=O) groups excluding carboxylic acids is 1. The van der Waals surface area contributed by atoms with Gasteiger partial charge in [0.05, 0.1) is 6.61 Å². The van der Waals surface area contributed by atoms with Crippen molar-refractivity contribution in [2.24, 2.45) is 0 Å². The number of nitrogens with zero attached hydrogens (tertiary/aromatic N) is 1. The maximum Gasteiger partial charge on any atom is 0.158 e. The number of aromatic nitrogens is 1. The zero-order valence-electron chi connectivity index (χ0n) is 9.11. The Morgan fingerprint density at radius 3 is 3.00 bits per heavy atom. The lowest BCUT2D eigenvalue weighted by atomic mass is 10.2. The number of ether oxygens (including phenoxy) is 1. The number of rotatable bonds is 7. The van der Waals surface area contributed by atoms with Crippen LogP contribution in [0.15, 0.2) is 24.4 Å². The molecule has 0 saturated carbocycles. The molecule has 0 atom stereocenters. The Morgan fingerprint density at radius 2 is 2.33 bits per heavy atom. The Labute approximate surface area is 90.5 Å². The number of Topliss-reactive ketones (excluding diaryl/α,β-unsaturated/α-hetero) is 1. The van der Waals surface area contributed by atoms with Crippen molar-refractivity contribution in [2.45, 2.75) is 26.2 Å². The summed E-state index contributed by atoms with van der Waals surface area (Å²) in [6.45, 7) is 2.79. The molecular weight excluding hydrogens is 190 g/mol. The van der Waals surface area contributed by atoms with Gasteiger partial charge >= 0.3 is 0 Å². The van der Waals surface area contributed by atoms with Crippen molar-refractivity contribution in [3.8, 4) is 0 Å². The van der Waals surface area contributed by atoms with Crippen LogP contribution in [-0.4, -0.2) is 24.0 Å². The summed E-state index contributed by atoms with van der Waals surface area (Å²) in [7, 11) is 0. The third-order valence-corrected chi connectivity index (χ3v) is 2.02. The van der Waals surface area contributed by atoms with Crippen LogP contribution in [0.25, 0.3) is 0 Å². The lowest BCUT2D eigenvalue weighted by molar-refractivity contribution is -0.123. The number of carbonyl (C=O) groups is 1. The summed E-state index contributed by atoms with van der Waals surface area (Å²) in [5, 5.41) is 0. The van der Waals surface area contributed by atoms with Crippen molar-refractivity contribution >= 4 is 5.78 Å². The van der Waals surface area contributed by atoms with E-state index in [1.54, 1.807) is 6.20 Å². The van der Waals surface area contributed by atoms with Crippen molar-refractivity contribution in [3.63, 3.8) is 0 Å². The van der Waals surface area contributed by atoms with Gasteiger partial charge in [0, 0.05) is 24.7 Å². The molecular formula is C12H17NO2. The summed E-state index contributed by atoms with van der Waals surface area (Å²) >= 11 is 0. The minimum Gasteiger partial charge on any atom is -0.373 e. The van der Waals surface area contributed by atoms with Gasteiger partial charge in [0.1, 0.15) is 6.61 Å². The predicted molar refractivity (Wildman–Crippen MR) is 58.7 cm³/mol.